The van der Waals surface area contributed by atoms with Crippen LogP contribution in [0.2, 0.25) is 0 Å². The predicted octanol–water partition coefficient (Wildman–Crippen LogP) is 4.49. The number of unbranched alkanes of at least 4 members (excludes halogenated alkanes) is 3. The van der Waals surface area contributed by atoms with E-state index in [-0.39, 0.29) is 17.7 Å². The number of rotatable bonds is 16. The third-order valence-corrected chi connectivity index (χ3v) is 7.59. The first-order valence-corrected chi connectivity index (χ1v) is 16.5. The molecule has 0 spiro atoms. The van der Waals surface area contributed by atoms with E-state index in [4.69, 9.17) is 5.39 Å². The highest BCUT2D eigenvalue weighted by Gasteiger charge is 2.08. The standard InChI is InChI=1S/C26H40N6O2.C6H4N2O3S/c1-31(23-13-7-5-8-14-23)21-19-29-25(33)27-17-11-3-4-12-18-28-26(34)30-20-22-32(2)24-15-9-6-10-16-24;7-8-5-2-1-3-6(4-5)12(9,10)11/h5-10,13-16H,3-4,11-12,17-22H2,1-2H3,(H2,27,29,33)(H2,28,30,34);1-4H. The summed E-state index contributed by atoms with van der Waals surface area (Å²) in [6.45, 7) is 4.00. The average Bonchev–Trinajstić information content (AvgIpc) is 3.06. The van der Waals surface area contributed by atoms with Crippen LogP contribution < -0.4 is 31.1 Å². The molecular formula is C32H44N8O5S. The second kappa shape index (κ2) is 21.0. The van der Waals surface area contributed by atoms with E-state index in [9.17, 15) is 22.6 Å². The van der Waals surface area contributed by atoms with Gasteiger partial charge in [0.05, 0.1) is 11.0 Å². The molecule has 13 nitrogen and oxygen atoms in total. The van der Waals surface area contributed by atoms with E-state index in [2.05, 4.69) is 36.0 Å². The molecule has 0 aliphatic carbocycles. The highest BCUT2D eigenvalue weighted by atomic mass is 32.2. The van der Waals surface area contributed by atoms with Gasteiger partial charge in [-0.1, -0.05) is 55.3 Å². The Morgan fingerprint density at radius 3 is 1.52 bits per heavy atom. The van der Waals surface area contributed by atoms with Gasteiger partial charge in [-0.15, -0.1) is 0 Å². The van der Waals surface area contributed by atoms with Crippen molar-refractivity contribution in [2.45, 2.75) is 30.6 Å². The van der Waals surface area contributed by atoms with Gasteiger partial charge in [0.15, 0.2) is 4.98 Å². The van der Waals surface area contributed by atoms with Crippen molar-refractivity contribution in [1.82, 2.24) is 21.3 Å². The number of para-hydroxylation sites is 2. The van der Waals surface area contributed by atoms with E-state index in [1.54, 1.807) is 0 Å². The summed E-state index contributed by atoms with van der Waals surface area (Å²) < 4.78 is 31.3. The Hall–Kier alpha value is -4.87. The highest BCUT2D eigenvalue weighted by molar-refractivity contribution is 7.85. The number of amides is 4. The molecule has 0 aliphatic rings. The zero-order chi connectivity index (χ0) is 33.6. The molecule has 0 atom stereocenters. The Kier molecular flexibility index (Phi) is 17.0. The fourth-order valence-electron chi connectivity index (χ4n) is 4.13. The quantitative estimate of drug-likeness (QED) is 0.0995. The maximum atomic E-state index is 11.9. The Labute approximate surface area is 271 Å². The van der Waals surface area contributed by atoms with Crippen molar-refractivity contribution in [3.63, 3.8) is 0 Å². The summed E-state index contributed by atoms with van der Waals surface area (Å²) in [6.07, 6.45) is 3.88. The van der Waals surface area contributed by atoms with Crippen molar-refractivity contribution in [2.75, 3.05) is 63.2 Å². The van der Waals surface area contributed by atoms with Gasteiger partial charge in [-0.05, 0) is 43.2 Å². The van der Waals surface area contributed by atoms with E-state index < -0.39 is 15.0 Å². The largest absolute Gasteiger partial charge is 0.744 e. The molecule has 0 aliphatic heterocycles. The smallest absolute Gasteiger partial charge is 0.386 e. The first kappa shape index (κ1) is 37.3. The molecule has 0 fully saturated rings. The molecule has 0 saturated heterocycles. The maximum absolute atomic E-state index is 11.9. The van der Waals surface area contributed by atoms with E-state index in [0.717, 1.165) is 62.3 Å². The lowest BCUT2D eigenvalue weighted by molar-refractivity contribution is 0.239. The first-order valence-electron chi connectivity index (χ1n) is 15.1. The summed E-state index contributed by atoms with van der Waals surface area (Å²) in [5, 5.41) is 19.8. The van der Waals surface area contributed by atoms with E-state index in [1.165, 1.54) is 12.1 Å². The van der Waals surface area contributed by atoms with Gasteiger partial charge in [0.1, 0.15) is 10.1 Å². The van der Waals surface area contributed by atoms with Crippen molar-refractivity contribution in [2.24, 2.45) is 0 Å². The topological polar surface area (TPSA) is 174 Å². The van der Waals surface area contributed by atoms with Gasteiger partial charge in [0.2, 0.25) is 5.39 Å². The number of nitrogens with one attached hydrogen (secondary N) is 4. The monoisotopic (exact) mass is 652 g/mol. The second-order valence-electron chi connectivity index (χ2n) is 10.3. The zero-order valence-corrected chi connectivity index (χ0v) is 27.2. The number of hydrogen-bond donors (Lipinski definition) is 4. The first-order chi connectivity index (χ1) is 22.1. The Bertz CT molecular complexity index is 1400. The number of benzene rings is 3. The minimum atomic E-state index is -4.46. The average molecular weight is 653 g/mol. The van der Waals surface area contributed by atoms with E-state index >= 15 is 0 Å². The van der Waals surface area contributed by atoms with E-state index in [0.29, 0.717) is 26.2 Å². The highest BCUT2D eigenvalue weighted by Crippen LogP contribution is 2.17. The molecular weight excluding hydrogens is 608 g/mol. The van der Waals surface area contributed by atoms with Crippen LogP contribution in [-0.4, -0.2) is 78.4 Å². The summed E-state index contributed by atoms with van der Waals surface area (Å²) in [4.78, 5) is 30.3. The molecule has 3 rings (SSSR count). The lowest BCUT2D eigenvalue weighted by Gasteiger charge is -2.19. The number of diazo groups is 1. The Morgan fingerprint density at radius 1 is 0.674 bits per heavy atom. The fraction of sp³-hybridized carbons (Fsp3) is 0.375. The molecule has 4 amide bonds. The van der Waals surface area contributed by atoms with Gasteiger partial charge in [0.25, 0.3) is 0 Å². The van der Waals surface area contributed by atoms with Gasteiger partial charge >= 0.3 is 17.7 Å². The van der Waals surface area contributed by atoms with Crippen molar-refractivity contribution >= 4 is 39.2 Å². The van der Waals surface area contributed by atoms with Gasteiger partial charge in [-0.25, -0.2) is 18.0 Å². The third-order valence-electron chi connectivity index (χ3n) is 6.76. The maximum Gasteiger partial charge on any atom is 0.386 e. The molecule has 3 aromatic rings. The molecule has 0 radical (unpaired) electrons. The van der Waals surface area contributed by atoms with Crippen molar-refractivity contribution in [3.8, 4) is 0 Å². The number of likely N-dealkylation sites (N-methyl/N-ethyl adjacent to an activating group) is 2. The van der Waals surface area contributed by atoms with Gasteiger partial charge < -0.3 is 35.6 Å². The van der Waals surface area contributed by atoms with Crippen LogP contribution in [0.1, 0.15) is 25.7 Å². The number of hydrogen-bond acceptors (Lipinski definition) is 8. The fourth-order valence-corrected chi connectivity index (χ4v) is 4.64. The zero-order valence-electron chi connectivity index (χ0n) is 26.4. The molecule has 0 aromatic heterocycles. The molecule has 0 unspecified atom stereocenters. The molecule has 4 N–H and O–H groups in total. The van der Waals surface area contributed by atoms with Gasteiger partial charge in [-0.3, -0.25) is 0 Å². The second-order valence-corrected chi connectivity index (χ2v) is 11.7. The minimum Gasteiger partial charge on any atom is -0.744 e. The lowest BCUT2D eigenvalue weighted by Crippen LogP contribution is -2.40. The van der Waals surface area contributed by atoms with Crippen LogP contribution in [0.4, 0.5) is 26.7 Å². The third kappa shape index (κ3) is 15.7. The molecule has 0 bridgehead atoms. The summed E-state index contributed by atoms with van der Waals surface area (Å²) >= 11 is 0. The molecule has 0 heterocycles. The Balaban J connectivity index is 0.000000512. The van der Waals surface area contributed by atoms with Crippen LogP contribution in [0.3, 0.4) is 0 Å². The van der Waals surface area contributed by atoms with Crippen LogP contribution in [0.25, 0.3) is 4.98 Å². The molecule has 46 heavy (non-hydrogen) atoms. The number of nitrogens with zero attached hydrogens (tertiary/aromatic N) is 4. The van der Waals surface area contributed by atoms with Crippen LogP contribution in [0.5, 0.6) is 0 Å². The van der Waals surface area contributed by atoms with E-state index in [1.807, 2.05) is 74.8 Å². The van der Waals surface area contributed by atoms with Gasteiger partial charge in [0, 0.05) is 70.8 Å². The number of carbonyl (C=O) groups excluding carboxylic acids is 2. The summed E-state index contributed by atoms with van der Waals surface area (Å²) in [6, 6.07) is 24.8. The summed E-state index contributed by atoms with van der Waals surface area (Å²) in [7, 11) is -0.433. The van der Waals surface area contributed by atoms with Crippen molar-refractivity contribution in [3.05, 3.63) is 89.9 Å². The van der Waals surface area contributed by atoms with Crippen LogP contribution in [-0.2, 0) is 10.1 Å². The minimum absolute atomic E-state index is 0.0342. The number of anilines is 2. The Morgan fingerprint density at radius 2 is 1.11 bits per heavy atom. The van der Waals surface area contributed by atoms with Crippen molar-refractivity contribution in [1.29, 1.82) is 5.39 Å². The van der Waals surface area contributed by atoms with Gasteiger partial charge in [-0.2, -0.15) is 0 Å². The summed E-state index contributed by atoms with van der Waals surface area (Å²) in [5.74, 6) is 0. The van der Waals surface area contributed by atoms with Crippen LogP contribution >= 0.6 is 0 Å². The van der Waals surface area contributed by atoms with Crippen molar-refractivity contribution < 1.29 is 22.6 Å². The summed E-state index contributed by atoms with van der Waals surface area (Å²) in [5.41, 5.74) is 2.30. The van der Waals surface area contributed by atoms with Crippen LogP contribution in [0, 0.1) is 5.39 Å². The molecule has 14 heteroatoms. The molecule has 0 saturated carbocycles. The number of urea groups is 2. The molecule has 248 valence electrons. The SMILES string of the molecule is CN(CCNC(=O)NCCCCCCNC(=O)NCCN(C)c1ccccc1)c1ccccc1.N#[N+]c1cccc(S(=O)(=O)[O-])c1. The number of carbonyl (C=O) groups is 2. The lowest BCUT2D eigenvalue weighted by atomic mass is 10.2. The normalized spacial score (nSPS) is 10.4. The predicted molar refractivity (Wildman–Crippen MR) is 180 cm³/mol. The molecule has 3 aromatic carbocycles. The van der Waals surface area contributed by atoms with Crippen LogP contribution in [0.15, 0.2) is 89.8 Å².